The molecule has 1 saturated heterocycles. The first-order valence-corrected chi connectivity index (χ1v) is 9.31. The van der Waals surface area contributed by atoms with Crippen LogP contribution in [0, 0.1) is 5.82 Å². The molecular weight excluding hydrogens is 329 g/mol. The average molecular weight is 355 g/mol. The highest BCUT2D eigenvalue weighted by Crippen LogP contribution is 2.24. The van der Waals surface area contributed by atoms with Gasteiger partial charge in [-0.2, -0.15) is 0 Å². The molecule has 134 valence electrons. The minimum atomic E-state index is -0.281. The van der Waals surface area contributed by atoms with Gasteiger partial charge in [-0.25, -0.2) is 4.39 Å². The van der Waals surface area contributed by atoms with Crippen LogP contribution >= 0.6 is 12.0 Å². The van der Waals surface area contributed by atoms with Crippen LogP contribution in [-0.4, -0.2) is 47.4 Å². The summed E-state index contributed by atoms with van der Waals surface area (Å²) in [7, 11) is 2.10. The molecule has 3 N–H and O–H groups in total. The van der Waals surface area contributed by atoms with Gasteiger partial charge in [0.1, 0.15) is 5.82 Å². The molecule has 1 heterocycles. The average Bonchev–Trinajstić information content (AvgIpc) is 2.57. The molecule has 0 aliphatic carbocycles. The van der Waals surface area contributed by atoms with E-state index in [2.05, 4.69) is 22.6 Å². The SMILES string of the molecule is CN1C(CCCSO)CCNC1CCc1c(F)cccc1NC=O. The summed E-state index contributed by atoms with van der Waals surface area (Å²) in [5.74, 6) is 0.482. The third kappa shape index (κ3) is 5.17. The van der Waals surface area contributed by atoms with Crippen molar-refractivity contribution in [3.05, 3.63) is 29.6 Å². The molecule has 2 rings (SSSR count). The van der Waals surface area contributed by atoms with Gasteiger partial charge in [0.15, 0.2) is 0 Å². The van der Waals surface area contributed by atoms with Crippen molar-refractivity contribution in [1.29, 1.82) is 0 Å². The lowest BCUT2D eigenvalue weighted by Gasteiger charge is -2.40. The normalized spacial score (nSPS) is 21.6. The quantitative estimate of drug-likeness (QED) is 0.361. The molecule has 7 heteroatoms. The summed E-state index contributed by atoms with van der Waals surface area (Å²) >= 11 is 0.896. The van der Waals surface area contributed by atoms with Gasteiger partial charge in [0.2, 0.25) is 6.41 Å². The lowest BCUT2D eigenvalue weighted by Crippen LogP contribution is -2.54. The predicted molar refractivity (Wildman–Crippen MR) is 96.7 cm³/mol. The number of nitrogens with one attached hydrogen (secondary N) is 2. The fraction of sp³-hybridized carbons (Fsp3) is 0.588. The Morgan fingerprint density at radius 2 is 2.33 bits per heavy atom. The second kappa shape index (κ2) is 9.98. The first-order chi connectivity index (χ1) is 11.7. The van der Waals surface area contributed by atoms with E-state index >= 15 is 0 Å². The largest absolute Gasteiger partial charge is 0.330 e. The fourth-order valence-electron chi connectivity index (χ4n) is 3.35. The van der Waals surface area contributed by atoms with Crippen molar-refractivity contribution in [2.75, 3.05) is 24.7 Å². The Labute approximate surface area is 147 Å². The van der Waals surface area contributed by atoms with E-state index in [1.54, 1.807) is 12.1 Å². The van der Waals surface area contributed by atoms with Crippen LogP contribution < -0.4 is 10.6 Å². The summed E-state index contributed by atoms with van der Waals surface area (Å²) < 4.78 is 22.9. The van der Waals surface area contributed by atoms with E-state index in [4.69, 9.17) is 4.55 Å². The van der Waals surface area contributed by atoms with E-state index in [1.807, 2.05) is 0 Å². The van der Waals surface area contributed by atoms with Crippen LogP contribution in [0.15, 0.2) is 18.2 Å². The van der Waals surface area contributed by atoms with Crippen molar-refractivity contribution >= 4 is 24.1 Å². The first kappa shape index (κ1) is 19.2. The van der Waals surface area contributed by atoms with E-state index in [-0.39, 0.29) is 12.0 Å². The Morgan fingerprint density at radius 3 is 3.08 bits per heavy atom. The van der Waals surface area contributed by atoms with Crippen LogP contribution in [0.5, 0.6) is 0 Å². The van der Waals surface area contributed by atoms with Gasteiger partial charge in [-0.1, -0.05) is 6.07 Å². The Bertz CT molecular complexity index is 533. The molecule has 2 unspecified atom stereocenters. The molecule has 0 saturated carbocycles. The molecule has 2 atom stereocenters. The lowest BCUT2D eigenvalue weighted by atomic mass is 10.00. The van der Waals surface area contributed by atoms with Crippen LogP contribution in [0.4, 0.5) is 10.1 Å². The first-order valence-electron chi connectivity index (χ1n) is 8.36. The number of carbonyl (C=O) groups excluding carboxylic acids is 1. The fourth-order valence-corrected chi connectivity index (χ4v) is 3.64. The third-order valence-electron chi connectivity index (χ3n) is 4.70. The van der Waals surface area contributed by atoms with Crippen molar-refractivity contribution in [3.63, 3.8) is 0 Å². The van der Waals surface area contributed by atoms with Crippen LogP contribution in [0.25, 0.3) is 0 Å². The third-order valence-corrected chi connectivity index (χ3v) is 5.17. The van der Waals surface area contributed by atoms with Gasteiger partial charge < -0.3 is 15.2 Å². The molecule has 0 spiro atoms. The summed E-state index contributed by atoms with van der Waals surface area (Å²) in [4.78, 5) is 13.0. The molecule has 1 aromatic carbocycles. The van der Waals surface area contributed by atoms with E-state index < -0.39 is 0 Å². The van der Waals surface area contributed by atoms with E-state index in [1.165, 1.54) is 6.07 Å². The van der Waals surface area contributed by atoms with Crippen LogP contribution in [0.1, 0.15) is 31.2 Å². The molecule has 0 bridgehead atoms. The van der Waals surface area contributed by atoms with E-state index in [9.17, 15) is 9.18 Å². The highest BCUT2D eigenvalue weighted by atomic mass is 32.2. The van der Waals surface area contributed by atoms with Crippen molar-refractivity contribution in [2.24, 2.45) is 0 Å². The highest BCUT2D eigenvalue weighted by Gasteiger charge is 2.26. The van der Waals surface area contributed by atoms with E-state index in [0.29, 0.717) is 30.1 Å². The second-order valence-corrected chi connectivity index (χ2v) is 6.79. The summed E-state index contributed by atoms with van der Waals surface area (Å²) in [6.07, 6.45) is 5.23. The molecule has 24 heavy (non-hydrogen) atoms. The van der Waals surface area contributed by atoms with Crippen LogP contribution in [0.2, 0.25) is 0 Å². The zero-order chi connectivity index (χ0) is 17.4. The number of amides is 1. The van der Waals surface area contributed by atoms with Gasteiger partial charge in [-0.05, 0) is 69.9 Å². The highest BCUT2D eigenvalue weighted by molar-refractivity contribution is 7.93. The number of hydrogen-bond acceptors (Lipinski definition) is 5. The smallest absolute Gasteiger partial charge is 0.211 e. The number of halogens is 1. The number of hydrogen-bond donors (Lipinski definition) is 3. The summed E-state index contributed by atoms with van der Waals surface area (Å²) in [5, 5.41) is 6.07. The van der Waals surface area contributed by atoms with Gasteiger partial charge in [0.05, 0.1) is 6.17 Å². The predicted octanol–water partition coefficient (Wildman–Crippen LogP) is 2.93. The lowest BCUT2D eigenvalue weighted by molar-refractivity contribution is -0.105. The topological polar surface area (TPSA) is 64.6 Å². The molecule has 1 aromatic rings. The molecule has 1 aliphatic heterocycles. The monoisotopic (exact) mass is 355 g/mol. The number of anilines is 1. The van der Waals surface area contributed by atoms with Crippen LogP contribution in [0.3, 0.4) is 0 Å². The maximum atomic E-state index is 14.1. The number of carbonyl (C=O) groups is 1. The van der Waals surface area contributed by atoms with Gasteiger partial charge in [-0.15, -0.1) is 0 Å². The van der Waals surface area contributed by atoms with Gasteiger partial charge in [0, 0.05) is 23.0 Å². The molecule has 1 fully saturated rings. The van der Waals surface area contributed by atoms with Gasteiger partial charge >= 0.3 is 0 Å². The summed E-state index contributed by atoms with van der Waals surface area (Å²) in [6, 6.07) is 5.24. The Kier molecular flexibility index (Phi) is 7.98. The van der Waals surface area contributed by atoms with Crippen LogP contribution in [-0.2, 0) is 11.2 Å². The Hall–Kier alpha value is -1.15. The number of rotatable bonds is 9. The molecule has 1 amide bonds. The van der Waals surface area contributed by atoms with Crippen molar-refractivity contribution < 1.29 is 13.7 Å². The van der Waals surface area contributed by atoms with Gasteiger partial charge in [0.25, 0.3) is 0 Å². The molecule has 0 radical (unpaired) electrons. The zero-order valence-electron chi connectivity index (χ0n) is 14.0. The van der Waals surface area contributed by atoms with E-state index in [0.717, 1.165) is 50.0 Å². The standard InChI is InChI=1S/C17H26FN3O2S/c1-21-13(4-3-11-24-23)9-10-19-17(21)8-7-14-15(18)5-2-6-16(14)20-12-22/h2,5-6,12-13,17,19,23H,3-4,7-11H2,1H3,(H,20,22). The molecule has 0 aromatic heterocycles. The zero-order valence-corrected chi connectivity index (χ0v) is 14.8. The number of nitrogens with zero attached hydrogens (tertiary/aromatic N) is 1. The summed E-state index contributed by atoms with van der Waals surface area (Å²) in [5.41, 5.74) is 1.10. The maximum Gasteiger partial charge on any atom is 0.211 e. The number of benzene rings is 1. The minimum Gasteiger partial charge on any atom is -0.330 e. The van der Waals surface area contributed by atoms with Crippen molar-refractivity contribution in [1.82, 2.24) is 10.2 Å². The van der Waals surface area contributed by atoms with Crippen molar-refractivity contribution in [2.45, 2.75) is 44.3 Å². The second-order valence-electron chi connectivity index (χ2n) is 6.12. The Morgan fingerprint density at radius 1 is 1.50 bits per heavy atom. The summed E-state index contributed by atoms with van der Waals surface area (Å²) in [6.45, 7) is 0.947. The minimum absolute atomic E-state index is 0.189. The van der Waals surface area contributed by atoms with Crippen molar-refractivity contribution in [3.8, 4) is 0 Å². The molecule has 1 aliphatic rings. The maximum absolute atomic E-state index is 14.1. The molecule has 5 nitrogen and oxygen atoms in total. The Balaban J connectivity index is 1.94. The van der Waals surface area contributed by atoms with Gasteiger partial charge in [-0.3, -0.25) is 9.69 Å². The molecular formula is C17H26FN3O2S.